The van der Waals surface area contributed by atoms with Crippen molar-refractivity contribution in [3.63, 3.8) is 0 Å². The largest absolute Gasteiger partial charge is 0.341 e. The number of amides is 1. The molecule has 0 spiro atoms. The molecule has 1 aliphatic rings. The molecule has 0 unspecified atom stereocenters. The smallest absolute Gasteiger partial charge is 0.242 e. The quantitative estimate of drug-likeness (QED) is 0.739. The van der Waals surface area contributed by atoms with E-state index in [4.69, 9.17) is 0 Å². The topological polar surface area (TPSA) is 66.8 Å². The third kappa shape index (κ3) is 3.72. The van der Waals surface area contributed by atoms with E-state index in [1.165, 1.54) is 22.4 Å². The SMILES string of the molecule is CCc1nccn1CC(=O)N1CCC(c2[nH]ncc2-c2cccc(C)c2)CC1. The molecule has 1 amide bonds. The summed E-state index contributed by atoms with van der Waals surface area (Å²) in [6.07, 6.45) is 8.33. The Morgan fingerprint density at radius 3 is 2.86 bits per heavy atom. The van der Waals surface area contributed by atoms with Crippen molar-refractivity contribution >= 4 is 5.91 Å². The zero-order valence-corrected chi connectivity index (χ0v) is 16.6. The Morgan fingerprint density at radius 1 is 1.29 bits per heavy atom. The van der Waals surface area contributed by atoms with Gasteiger partial charge in [0, 0.05) is 49.1 Å². The zero-order valence-electron chi connectivity index (χ0n) is 16.6. The van der Waals surface area contributed by atoms with Gasteiger partial charge in [-0.15, -0.1) is 0 Å². The van der Waals surface area contributed by atoms with Crippen LogP contribution in [-0.4, -0.2) is 43.6 Å². The Bertz CT molecular complexity index is 949. The summed E-state index contributed by atoms with van der Waals surface area (Å²) in [6.45, 7) is 6.12. The molecule has 1 saturated heterocycles. The van der Waals surface area contributed by atoms with Gasteiger partial charge in [0.2, 0.25) is 5.91 Å². The van der Waals surface area contributed by atoms with Crippen LogP contribution >= 0.6 is 0 Å². The molecule has 6 heteroatoms. The van der Waals surface area contributed by atoms with Crippen molar-refractivity contribution in [2.75, 3.05) is 13.1 Å². The third-order valence-corrected chi connectivity index (χ3v) is 5.68. The number of imidazole rings is 1. The minimum absolute atomic E-state index is 0.176. The van der Waals surface area contributed by atoms with Crippen molar-refractivity contribution in [1.29, 1.82) is 0 Å². The van der Waals surface area contributed by atoms with E-state index in [1.807, 2.05) is 21.9 Å². The molecule has 3 aromatic rings. The van der Waals surface area contributed by atoms with Crippen LogP contribution in [-0.2, 0) is 17.8 Å². The number of hydrogen-bond donors (Lipinski definition) is 1. The highest BCUT2D eigenvalue weighted by Gasteiger charge is 2.27. The second-order valence-electron chi connectivity index (χ2n) is 7.55. The number of H-pyrrole nitrogens is 1. The number of carbonyl (C=O) groups excluding carboxylic acids is 1. The van der Waals surface area contributed by atoms with Gasteiger partial charge < -0.3 is 9.47 Å². The van der Waals surface area contributed by atoms with Crippen LogP contribution in [0.15, 0.2) is 42.9 Å². The van der Waals surface area contributed by atoms with Gasteiger partial charge >= 0.3 is 0 Å². The van der Waals surface area contributed by atoms with Crippen molar-refractivity contribution in [2.45, 2.75) is 45.6 Å². The number of rotatable bonds is 5. The molecule has 0 saturated carbocycles. The van der Waals surface area contributed by atoms with E-state index in [2.05, 4.69) is 53.3 Å². The Labute approximate surface area is 165 Å². The van der Waals surface area contributed by atoms with Crippen molar-refractivity contribution in [1.82, 2.24) is 24.6 Å². The maximum Gasteiger partial charge on any atom is 0.242 e. The van der Waals surface area contributed by atoms with Gasteiger partial charge in [0.05, 0.1) is 6.20 Å². The predicted molar refractivity (Wildman–Crippen MR) is 109 cm³/mol. The number of aromatic nitrogens is 4. The lowest BCUT2D eigenvalue weighted by atomic mass is 9.89. The fourth-order valence-electron chi connectivity index (χ4n) is 4.11. The molecular weight excluding hydrogens is 350 g/mol. The van der Waals surface area contributed by atoms with Crippen LogP contribution in [0.5, 0.6) is 0 Å². The highest BCUT2D eigenvalue weighted by atomic mass is 16.2. The molecule has 0 radical (unpaired) electrons. The molecule has 146 valence electrons. The first-order valence-corrected chi connectivity index (χ1v) is 10.0. The molecule has 1 aliphatic heterocycles. The lowest BCUT2D eigenvalue weighted by Crippen LogP contribution is -2.40. The van der Waals surface area contributed by atoms with Crippen LogP contribution in [0, 0.1) is 6.92 Å². The summed E-state index contributed by atoms with van der Waals surface area (Å²) in [7, 11) is 0. The Kier molecular flexibility index (Phi) is 5.28. The lowest BCUT2D eigenvalue weighted by molar-refractivity contribution is -0.132. The number of nitrogens with zero attached hydrogens (tertiary/aromatic N) is 4. The molecule has 1 aromatic carbocycles. The van der Waals surface area contributed by atoms with Crippen molar-refractivity contribution < 1.29 is 4.79 Å². The van der Waals surface area contributed by atoms with Gasteiger partial charge in [-0.1, -0.05) is 36.8 Å². The predicted octanol–water partition coefficient (Wildman–Crippen LogP) is 3.55. The van der Waals surface area contributed by atoms with Crippen LogP contribution in [0.4, 0.5) is 0 Å². The fourth-order valence-corrected chi connectivity index (χ4v) is 4.11. The highest BCUT2D eigenvalue weighted by molar-refractivity contribution is 5.76. The normalized spacial score (nSPS) is 15.1. The molecule has 4 rings (SSSR count). The van der Waals surface area contributed by atoms with Crippen LogP contribution in [0.1, 0.15) is 42.8 Å². The molecule has 2 aromatic heterocycles. The summed E-state index contributed by atoms with van der Waals surface area (Å²) in [5, 5.41) is 7.53. The number of carbonyl (C=O) groups is 1. The molecule has 1 fully saturated rings. The number of aromatic amines is 1. The lowest BCUT2D eigenvalue weighted by Gasteiger charge is -2.32. The van der Waals surface area contributed by atoms with Gasteiger partial charge in [0.1, 0.15) is 12.4 Å². The van der Waals surface area contributed by atoms with Crippen molar-refractivity contribution in [3.8, 4) is 11.1 Å². The highest BCUT2D eigenvalue weighted by Crippen LogP contribution is 2.34. The van der Waals surface area contributed by atoms with Crippen LogP contribution in [0.25, 0.3) is 11.1 Å². The van der Waals surface area contributed by atoms with Crippen molar-refractivity contribution in [3.05, 3.63) is 59.9 Å². The average molecular weight is 377 g/mol. The number of likely N-dealkylation sites (tertiary alicyclic amines) is 1. The second kappa shape index (κ2) is 8.00. The average Bonchev–Trinajstić information content (AvgIpc) is 3.37. The van der Waals surface area contributed by atoms with Gasteiger partial charge in [0.25, 0.3) is 0 Å². The molecule has 6 nitrogen and oxygen atoms in total. The summed E-state index contributed by atoms with van der Waals surface area (Å²) >= 11 is 0. The van der Waals surface area contributed by atoms with Crippen molar-refractivity contribution in [2.24, 2.45) is 0 Å². The van der Waals surface area contributed by atoms with E-state index in [0.29, 0.717) is 12.5 Å². The van der Waals surface area contributed by atoms with E-state index in [0.717, 1.165) is 38.2 Å². The van der Waals surface area contributed by atoms with E-state index < -0.39 is 0 Å². The number of piperidine rings is 1. The summed E-state index contributed by atoms with van der Waals surface area (Å²) in [5.74, 6) is 1.54. The van der Waals surface area contributed by atoms with E-state index in [1.54, 1.807) is 6.20 Å². The minimum atomic E-state index is 0.176. The molecule has 1 N–H and O–H groups in total. The first-order chi connectivity index (χ1) is 13.7. The number of hydrogen-bond acceptors (Lipinski definition) is 3. The summed E-state index contributed by atoms with van der Waals surface area (Å²) < 4.78 is 1.96. The standard InChI is InChI=1S/C22H27N5O/c1-3-20-23-9-12-27(20)15-21(28)26-10-7-17(8-11-26)22-19(14-24-25-22)18-6-4-5-16(2)13-18/h4-6,9,12-14,17H,3,7-8,10-11,15H2,1-2H3,(H,24,25). The number of benzene rings is 1. The van der Waals surface area contributed by atoms with Gasteiger partial charge in [-0.2, -0.15) is 5.10 Å². The van der Waals surface area contributed by atoms with Gasteiger partial charge in [-0.3, -0.25) is 9.89 Å². The van der Waals surface area contributed by atoms with Crippen LogP contribution in [0.2, 0.25) is 0 Å². The Balaban J connectivity index is 1.41. The maximum absolute atomic E-state index is 12.7. The van der Waals surface area contributed by atoms with Crippen LogP contribution < -0.4 is 0 Å². The van der Waals surface area contributed by atoms with E-state index >= 15 is 0 Å². The third-order valence-electron chi connectivity index (χ3n) is 5.68. The molecule has 0 atom stereocenters. The summed E-state index contributed by atoms with van der Waals surface area (Å²) in [5.41, 5.74) is 4.82. The molecule has 3 heterocycles. The first kappa shape index (κ1) is 18.5. The Morgan fingerprint density at radius 2 is 2.11 bits per heavy atom. The minimum Gasteiger partial charge on any atom is -0.341 e. The molecule has 0 bridgehead atoms. The molecule has 0 aliphatic carbocycles. The summed E-state index contributed by atoms with van der Waals surface area (Å²) in [4.78, 5) is 19.0. The first-order valence-electron chi connectivity index (χ1n) is 10.0. The number of aryl methyl sites for hydroxylation is 2. The molecular formula is C22H27N5O. The van der Waals surface area contributed by atoms with Gasteiger partial charge in [-0.25, -0.2) is 4.98 Å². The van der Waals surface area contributed by atoms with Gasteiger partial charge in [-0.05, 0) is 25.3 Å². The second-order valence-corrected chi connectivity index (χ2v) is 7.55. The fraction of sp³-hybridized carbons (Fsp3) is 0.409. The van der Waals surface area contributed by atoms with E-state index in [9.17, 15) is 4.79 Å². The number of nitrogens with one attached hydrogen (secondary N) is 1. The summed E-state index contributed by atoms with van der Waals surface area (Å²) in [6, 6.07) is 8.53. The Hall–Kier alpha value is -2.89. The zero-order chi connectivity index (χ0) is 19.5. The monoisotopic (exact) mass is 377 g/mol. The van der Waals surface area contributed by atoms with E-state index in [-0.39, 0.29) is 5.91 Å². The molecule has 28 heavy (non-hydrogen) atoms. The maximum atomic E-state index is 12.7. The van der Waals surface area contributed by atoms with Crippen LogP contribution in [0.3, 0.4) is 0 Å². The van der Waals surface area contributed by atoms with Gasteiger partial charge in [0.15, 0.2) is 0 Å².